The van der Waals surface area contributed by atoms with Gasteiger partial charge in [0.05, 0.1) is 27.8 Å². The zero-order valence-corrected chi connectivity index (χ0v) is 29.4. The summed E-state index contributed by atoms with van der Waals surface area (Å²) < 4.78 is 38.7. The van der Waals surface area contributed by atoms with E-state index in [-0.39, 0.29) is 67.8 Å². The predicted octanol–water partition coefficient (Wildman–Crippen LogP) is 6.44. The Morgan fingerprint density at radius 2 is 1.90 bits per heavy atom. The van der Waals surface area contributed by atoms with Gasteiger partial charge in [0.1, 0.15) is 29.5 Å². The van der Waals surface area contributed by atoms with Gasteiger partial charge in [-0.25, -0.2) is 8.78 Å². The molecule has 4 heterocycles. The van der Waals surface area contributed by atoms with E-state index < -0.39 is 23.3 Å². The molecule has 0 bridgehead atoms. The number of hydrogen-bond donors (Lipinski definition) is 2. The summed E-state index contributed by atoms with van der Waals surface area (Å²) in [6, 6.07) is 6.23. The van der Waals surface area contributed by atoms with Crippen molar-refractivity contribution in [1.82, 2.24) is 19.8 Å². The lowest BCUT2D eigenvalue weighted by molar-refractivity contribution is -0.132. The molecule has 7 rings (SSSR count). The lowest BCUT2D eigenvalue weighted by Crippen LogP contribution is -2.55. The number of phenolic OH excluding ortho intramolecular Hbond substituents is 1. The molecule has 1 aromatic heterocycles. The highest BCUT2D eigenvalue weighted by molar-refractivity contribution is 6.35. The summed E-state index contributed by atoms with van der Waals surface area (Å²) in [6.45, 7) is 8.22. The second-order valence-electron chi connectivity index (χ2n) is 14.2. The van der Waals surface area contributed by atoms with E-state index in [0.717, 1.165) is 38.8 Å². The van der Waals surface area contributed by atoms with Gasteiger partial charge in [-0.3, -0.25) is 9.69 Å². The molecule has 1 amide bonds. The number of anilines is 1. The molecule has 2 unspecified atom stereocenters. The van der Waals surface area contributed by atoms with E-state index in [1.54, 1.807) is 20.0 Å². The van der Waals surface area contributed by atoms with E-state index in [0.29, 0.717) is 37.2 Å². The third kappa shape index (κ3) is 6.03. The average molecular weight is 716 g/mol. The molecule has 4 aromatic rings. The Kier molecular flexibility index (Phi) is 9.07. The van der Waals surface area contributed by atoms with E-state index >= 15 is 8.78 Å². The Morgan fingerprint density at radius 3 is 2.61 bits per heavy atom. The number of ether oxygens (including phenoxy) is 1. The molecule has 3 saturated heterocycles. The number of benzene rings is 3. The molecule has 0 radical (unpaired) electrons. The van der Waals surface area contributed by atoms with Gasteiger partial charge in [0.25, 0.3) is 0 Å². The van der Waals surface area contributed by atoms with Crippen LogP contribution in [0.1, 0.15) is 51.0 Å². The number of carbonyl (C=O) groups is 1. The lowest BCUT2D eigenvalue weighted by Gasteiger charge is -2.39. The van der Waals surface area contributed by atoms with Crippen LogP contribution in [0.2, 0.25) is 5.02 Å². The van der Waals surface area contributed by atoms with Crippen molar-refractivity contribution >= 4 is 45.0 Å². The average Bonchev–Trinajstić information content (AvgIpc) is 3.64. The number of rotatable bonds is 7. The zero-order chi connectivity index (χ0) is 36.2. The van der Waals surface area contributed by atoms with Gasteiger partial charge in [-0.15, -0.1) is 6.42 Å². The summed E-state index contributed by atoms with van der Waals surface area (Å²) in [5, 5.41) is 23.1. The number of terminal acetylenes is 1. The number of halogens is 3. The van der Waals surface area contributed by atoms with Gasteiger partial charge in [0.15, 0.2) is 5.82 Å². The molecule has 51 heavy (non-hydrogen) atoms. The first kappa shape index (κ1) is 34.9. The number of likely N-dealkylation sites (N-methyl/N-ethyl adjacent to an activating group) is 1. The Labute approximate surface area is 300 Å². The summed E-state index contributed by atoms with van der Waals surface area (Å²) >= 11 is 6.92. The highest BCUT2D eigenvalue weighted by atomic mass is 35.5. The van der Waals surface area contributed by atoms with Crippen molar-refractivity contribution in [1.29, 1.82) is 0 Å². The highest BCUT2D eigenvalue weighted by Gasteiger charge is 2.45. The van der Waals surface area contributed by atoms with Crippen LogP contribution in [0.3, 0.4) is 0 Å². The number of nitrogens with zero attached hydrogens (tertiary/aromatic N) is 5. The van der Waals surface area contributed by atoms with Gasteiger partial charge in [0.2, 0.25) is 5.91 Å². The third-order valence-electron chi connectivity index (χ3n) is 11.1. The number of aromatic nitrogens is 2. The number of fused-ring (bicyclic) bond motifs is 3. The van der Waals surface area contributed by atoms with Gasteiger partial charge in [0, 0.05) is 36.5 Å². The molecule has 2 atom stereocenters. The summed E-state index contributed by atoms with van der Waals surface area (Å²) in [6.07, 6.45) is 12.0. The Hall–Kier alpha value is -4.50. The zero-order valence-electron chi connectivity index (χ0n) is 28.7. The molecule has 3 fully saturated rings. The van der Waals surface area contributed by atoms with E-state index in [1.807, 2.05) is 4.90 Å². The molecule has 12 heteroatoms. The number of hydrogen-bond acceptors (Lipinski definition) is 8. The number of carbonyl (C=O) groups excluding carboxylic acids is 1. The molecule has 0 saturated carbocycles. The van der Waals surface area contributed by atoms with Crippen molar-refractivity contribution in [2.75, 3.05) is 44.7 Å². The van der Waals surface area contributed by atoms with Crippen LogP contribution < -0.4 is 9.64 Å². The van der Waals surface area contributed by atoms with Crippen molar-refractivity contribution in [3.63, 3.8) is 0 Å². The fraction of sp³-hybridized carbons (Fsp3) is 0.410. The Balaban J connectivity index is 1.42. The quantitative estimate of drug-likeness (QED) is 0.167. The van der Waals surface area contributed by atoms with Crippen molar-refractivity contribution < 1.29 is 28.5 Å². The standard InChI is InChI=1S/C39H40ClF2N5O4/c1-5-25-29(41)11-10-23-18-24(48)19-26(32(23)25)33-28(40)20-27-35(34(33)42)43-37(51-22-39-13-8-16-47(39)17-9-14-39)44-36(27)46-15-7-12-38(3,50)30(21-46)45(4)31(49)6-2/h1,6,10-11,18-20,30,48,50H,2,7-9,12-17,21-22H2,3-4H3. The molecule has 2 N–H and O–H groups in total. The molecule has 0 spiro atoms. The van der Waals surface area contributed by atoms with Crippen LogP contribution in [0.4, 0.5) is 14.6 Å². The van der Waals surface area contributed by atoms with Crippen LogP contribution in [0, 0.1) is 24.0 Å². The predicted molar refractivity (Wildman–Crippen MR) is 194 cm³/mol. The van der Waals surface area contributed by atoms with E-state index in [9.17, 15) is 15.0 Å². The molecule has 266 valence electrons. The maximum Gasteiger partial charge on any atom is 0.319 e. The van der Waals surface area contributed by atoms with Crippen molar-refractivity contribution in [3.05, 3.63) is 65.2 Å². The van der Waals surface area contributed by atoms with Gasteiger partial charge in [-0.05, 0) is 99.8 Å². The van der Waals surface area contributed by atoms with Crippen LogP contribution in [-0.2, 0) is 4.79 Å². The third-order valence-corrected chi connectivity index (χ3v) is 11.4. The SMILES string of the molecule is C#Cc1c(F)ccc2cc(O)cc(-c3c(Cl)cc4c(N5CCCC(C)(O)C(N(C)C(=O)C=C)C5)nc(OCC56CCCN5CCC6)nc4c3F)c12. The normalized spacial score (nSPS) is 21.7. The van der Waals surface area contributed by atoms with Gasteiger partial charge in [-0.2, -0.15) is 9.97 Å². The summed E-state index contributed by atoms with van der Waals surface area (Å²) in [4.78, 5) is 28.1. The topological polar surface area (TPSA) is 102 Å². The van der Waals surface area contributed by atoms with Crippen LogP contribution >= 0.6 is 11.6 Å². The first-order valence-electron chi connectivity index (χ1n) is 17.2. The minimum absolute atomic E-state index is 0.0306. The van der Waals surface area contributed by atoms with Gasteiger partial charge in [-0.1, -0.05) is 30.2 Å². The molecule has 0 aliphatic carbocycles. The minimum atomic E-state index is -1.24. The minimum Gasteiger partial charge on any atom is -0.508 e. The Bertz CT molecular complexity index is 2110. The van der Waals surface area contributed by atoms with Crippen molar-refractivity contribution in [2.24, 2.45) is 0 Å². The fourth-order valence-corrected chi connectivity index (χ4v) is 8.75. The van der Waals surface area contributed by atoms with Crippen molar-refractivity contribution in [3.8, 4) is 35.2 Å². The van der Waals surface area contributed by atoms with Gasteiger partial charge < -0.3 is 24.7 Å². The van der Waals surface area contributed by atoms with E-state index in [2.05, 4.69) is 22.4 Å². The number of aromatic hydroxyl groups is 1. The molecular weight excluding hydrogens is 676 g/mol. The number of phenols is 1. The second kappa shape index (κ2) is 13.2. The van der Waals surface area contributed by atoms with E-state index in [1.165, 1.54) is 35.2 Å². The first-order chi connectivity index (χ1) is 24.4. The maximum absolute atomic E-state index is 17.3. The second-order valence-corrected chi connectivity index (χ2v) is 14.6. The summed E-state index contributed by atoms with van der Waals surface area (Å²) in [7, 11) is 1.61. The van der Waals surface area contributed by atoms with Crippen LogP contribution in [-0.4, -0.2) is 92.9 Å². The molecule has 3 aliphatic heterocycles. The van der Waals surface area contributed by atoms with Crippen LogP contribution in [0.25, 0.3) is 32.8 Å². The monoisotopic (exact) mass is 715 g/mol. The first-order valence-corrected chi connectivity index (χ1v) is 17.6. The maximum atomic E-state index is 17.3. The summed E-state index contributed by atoms with van der Waals surface area (Å²) in [5.74, 6) is 0.657. The fourth-order valence-electron chi connectivity index (χ4n) is 8.46. The Morgan fingerprint density at radius 1 is 1.18 bits per heavy atom. The number of amides is 1. The molecular formula is C39H40ClF2N5O4. The van der Waals surface area contributed by atoms with Crippen LogP contribution in [0.15, 0.2) is 43.0 Å². The van der Waals surface area contributed by atoms with Crippen LogP contribution in [0.5, 0.6) is 11.8 Å². The number of aliphatic hydroxyl groups is 1. The van der Waals surface area contributed by atoms with Gasteiger partial charge >= 0.3 is 6.01 Å². The van der Waals surface area contributed by atoms with E-state index in [4.69, 9.17) is 27.7 Å². The largest absolute Gasteiger partial charge is 0.508 e. The smallest absolute Gasteiger partial charge is 0.319 e. The lowest BCUT2D eigenvalue weighted by atomic mass is 9.91. The highest BCUT2D eigenvalue weighted by Crippen LogP contribution is 2.45. The molecule has 3 aromatic carbocycles. The molecule has 3 aliphatic rings. The summed E-state index contributed by atoms with van der Waals surface area (Å²) in [5.41, 5.74) is -1.59. The van der Waals surface area contributed by atoms with Crippen molar-refractivity contribution in [2.45, 2.75) is 62.6 Å². The molecule has 9 nitrogen and oxygen atoms in total.